The van der Waals surface area contributed by atoms with Crippen molar-refractivity contribution in [1.82, 2.24) is 9.97 Å². The Morgan fingerprint density at radius 2 is 1.93 bits per heavy atom. The fourth-order valence-corrected chi connectivity index (χ4v) is 4.95. The van der Waals surface area contributed by atoms with E-state index in [0.717, 1.165) is 55.7 Å². The monoisotopic (exact) mass is 377 g/mol. The number of ether oxygens (including phenoxy) is 1. The zero-order valence-electron chi connectivity index (χ0n) is 15.5. The van der Waals surface area contributed by atoms with Crippen LogP contribution in [-0.2, 0) is 16.8 Å². The van der Waals surface area contributed by atoms with Crippen molar-refractivity contribution in [1.29, 1.82) is 0 Å². The lowest BCUT2D eigenvalue weighted by molar-refractivity contribution is -0.0766. The van der Waals surface area contributed by atoms with Gasteiger partial charge in [-0.1, -0.05) is 24.3 Å². The Hall–Kier alpha value is -2.11. The van der Waals surface area contributed by atoms with Gasteiger partial charge in [-0.25, -0.2) is 9.97 Å². The third-order valence-electron chi connectivity index (χ3n) is 5.95. The molecule has 2 aliphatic heterocycles. The maximum absolute atomic E-state index is 6.38. The van der Waals surface area contributed by atoms with Gasteiger partial charge < -0.3 is 9.64 Å². The zero-order chi connectivity index (χ0) is 18.3. The predicted molar refractivity (Wildman–Crippen MR) is 111 cm³/mol. The number of nitrogens with zero attached hydrogens (tertiary/aromatic N) is 3. The molecule has 4 nitrogen and oxygen atoms in total. The van der Waals surface area contributed by atoms with Crippen LogP contribution in [0.15, 0.2) is 53.7 Å². The Balaban J connectivity index is 1.46. The minimum Gasteiger partial charge on any atom is -0.370 e. The minimum atomic E-state index is -0.126. The van der Waals surface area contributed by atoms with Crippen LogP contribution in [-0.4, -0.2) is 35.9 Å². The number of fused-ring (bicyclic) bond motifs is 3. The van der Waals surface area contributed by atoms with Crippen molar-refractivity contribution in [3.63, 3.8) is 0 Å². The smallest absolute Gasteiger partial charge is 0.139 e. The van der Waals surface area contributed by atoms with Crippen LogP contribution in [0.3, 0.4) is 0 Å². The van der Waals surface area contributed by atoms with E-state index in [1.54, 1.807) is 18.1 Å². The predicted octanol–water partition coefficient (Wildman–Crippen LogP) is 4.42. The van der Waals surface area contributed by atoms with Crippen molar-refractivity contribution in [2.24, 2.45) is 0 Å². The zero-order valence-corrected chi connectivity index (χ0v) is 16.3. The molecule has 0 N–H and O–H groups in total. The van der Waals surface area contributed by atoms with E-state index >= 15 is 0 Å². The summed E-state index contributed by atoms with van der Waals surface area (Å²) in [6.45, 7) is 2.72. The summed E-state index contributed by atoms with van der Waals surface area (Å²) in [5.74, 6) is 1.05. The molecule has 2 aliphatic rings. The van der Waals surface area contributed by atoms with Crippen molar-refractivity contribution in [3.05, 3.63) is 59.9 Å². The van der Waals surface area contributed by atoms with E-state index in [2.05, 4.69) is 63.6 Å². The molecule has 138 valence electrons. The van der Waals surface area contributed by atoms with Gasteiger partial charge in [-0.15, -0.1) is 11.8 Å². The molecule has 0 radical (unpaired) electrons. The normalized spacial score (nSPS) is 18.6. The van der Waals surface area contributed by atoms with Crippen LogP contribution in [0.1, 0.15) is 24.0 Å². The number of hydrogen-bond donors (Lipinski definition) is 0. The van der Waals surface area contributed by atoms with Crippen LogP contribution in [0, 0.1) is 0 Å². The van der Waals surface area contributed by atoms with Gasteiger partial charge in [0.25, 0.3) is 0 Å². The molecule has 1 spiro atoms. The number of piperidine rings is 1. The van der Waals surface area contributed by atoms with Gasteiger partial charge in [-0.05, 0) is 54.8 Å². The molecule has 2 aromatic carbocycles. The van der Waals surface area contributed by atoms with Crippen LogP contribution in [0.4, 0.5) is 5.82 Å². The Kier molecular flexibility index (Phi) is 4.29. The number of aromatic nitrogens is 2. The van der Waals surface area contributed by atoms with E-state index in [1.807, 2.05) is 0 Å². The summed E-state index contributed by atoms with van der Waals surface area (Å²) in [7, 11) is 0. The van der Waals surface area contributed by atoms with Crippen molar-refractivity contribution in [2.75, 3.05) is 30.9 Å². The lowest BCUT2D eigenvalue weighted by Crippen LogP contribution is -2.47. The largest absolute Gasteiger partial charge is 0.370 e. The molecule has 5 rings (SSSR count). The van der Waals surface area contributed by atoms with Gasteiger partial charge >= 0.3 is 0 Å². The highest BCUT2D eigenvalue weighted by Gasteiger charge is 2.41. The molecule has 0 amide bonds. The van der Waals surface area contributed by atoms with Gasteiger partial charge in [0.1, 0.15) is 12.1 Å². The van der Waals surface area contributed by atoms with E-state index in [0.29, 0.717) is 0 Å². The van der Waals surface area contributed by atoms with Crippen molar-refractivity contribution in [3.8, 4) is 0 Å². The molecule has 3 aromatic rings. The molecule has 0 bridgehead atoms. The number of hydrogen-bond acceptors (Lipinski definition) is 5. The molecule has 0 saturated carbocycles. The third-order valence-corrected chi connectivity index (χ3v) is 6.68. The van der Waals surface area contributed by atoms with E-state index in [9.17, 15) is 0 Å². The Morgan fingerprint density at radius 1 is 1.07 bits per heavy atom. The lowest BCUT2D eigenvalue weighted by Gasteiger charge is -2.45. The number of anilines is 1. The maximum atomic E-state index is 6.38. The van der Waals surface area contributed by atoms with Gasteiger partial charge in [-0.2, -0.15) is 0 Å². The topological polar surface area (TPSA) is 38.2 Å². The first-order chi connectivity index (χ1) is 13.3. The molecule has 1 fully saturated rings. The number of rotatable bonds is 2. The highest BCUT2D eigenvalue weighted by molar-refractivity contribution is 7.98. The third kappa shape index (κ3) is 2.89. The lowest BCUT2D eigenvalue weighted by atomic mass is 9.79. The summed E-state index contributed by atoms with van der Waals surface area (Å²) < 4.78 is 6.38. The Bertz CT molecular complexity index is 982. The van der Waals surface area contributed by atoms with Gasteiger partial charge in [0, 0.05) is 23.4 Å². The van der Waals surface area contributed by atoms with Gasteiger partial charge in [0.05, 0.1) is 17.7 Å². The molecule has 0 atom stereocenters. The molecule has 0 unspecified atom stereocenters. The van der Waals surface area contributed by atoms with E-state index in [1.165, 1.54) is 16.0 Å². The first-order valence-electron chi connectivity index (χ1n) is 9.55. The Labute approximate surface area is 164 Å². The molecule has 1 aromatic heterocycles. The quantitative estimate of drug-likeness (QED) is 0.618. The van der Waals surface area contributed by atoms with Crippen LogP contribution >= 0.6 is 11.8 Å². The molecular formula is C22H23N3OS. The SMILES string of the molecule is CSc1ccc2ncnc(N3CCC4(CC3)OCCc3ccccc34)c2c1. The minimum absolute atomic E-state index is 0.126. The van der Waals surface area contributed by atoms with E-state index in [4.69, 9.17) is 4.74 Å². The first-order valence-corrected chi connectivity index (χ1v) is 10.8. The van der Waals surface area contributed by atoms with Gasteiger partial charge in [-0.3, -0.25) is 0 Å². The van der Waals surface area contributed by atoms with Crippen LogP contribution in [0.5, 0.6) is 0 Å². The van der Waals surface area contributed by atoms with Crippen LogP contribution in [0.25, 0.3) is 10.9 Å². The second-order valence-corrected chi connectivity index (χ2v) is 8.20. The summed E-state index contributed by atoms with van der Waals surface area (Å²) in [5, 5.41) is 1.14. The molecular weight excluding hydrogens is 354 g/mol. The first kappa shape index (κ1) is 17.0. The van der Waals surface area contributed by atoms with E-state index in [-0.39, 0.29) is 5.60 Å². The second kappa shape index (κ2) is 6.80. The standard InChI is InChI=1S/C22H23N3OS/c1-27-17-6-7-20-18(14-17)21(24-15-23-20)25-11-9-22(10-12-25)19-5-3-2-4-16(19)8-13-26-22/h2-7,14-15H,8-13H2,1H3. The maximum Gasteiger partial charge on any atom is 0.139 e. The molecule has 27 heavy (non-hydrogen) atoms. The average molecular weight is 378 g/mol. The fraction of sp³-hybridized carbons (Fsp3) is 0.364. The summed E-state index contributed by atoms with van der Waals surface area (Å²) in [4.78, 5) is 12.8. The summed E-state index contributed by atoms with van der Waals surface area (Å²) in [5.41, 5.74) is 3.73. The molecule has 5 heteroatoms. The highest BCUT2D eigenvalue weighted by atomic mass is 32.2. The summed E-state index contributed by atoms with van der Waals surface area (Å²) in [6.07, 6.45) is 6.81. The number of benzene rings is 2. The Morgan fingerprint density at radius 3 is 2.78 bits per heavy atom. The molecule has 0 aliphatic carbocycles. The van der Waals surface area contributed by atoms with Crippen LogP contribution in [0.2, 0.25) is 0 Å². The van der Waals surface area contributed by atoms with Crippen molar-refractivity contribution in [2.45, 2.75) is 29.8 Å². The fourth-order valence-electron chi connectivity index (χ4n) is 4.51. The average Bonchev–Trinajstić information content (AvgIpc) is 2.74. The van der Waals surface area contributed by atoms with Gasteiger partial charge in [0.2, 0.25) is 0 Å². The molecule has 1 saturated heterocycles. The van der Waals surface area contributed by atoms with Gasteiger partial charge in [0.15, 0.2) is 0 Å². The number of thioether (sulfide) groups is 1. The van der Waals surface area contributed by atoms with Crippen molar-refractivity contribution >= 4 is 28.5 Å². The highest BCUT2D eigenvalue weighted by Crippen LogP contribution is 2.42. The summed E-state index contributed by atoms with van der Waals surface area (Å²) in [6, 6.07) is 15.2. The second-order valence-electron chi connectivity index (χ2n) is 7.32. The van der Waals surface area contributed by atoms with Crippen LogP contribution < -0.4 is 4.90 Å². The summed E-state index contributed by atoms with van der Waals surface area (Å²) >= 11 is 1.75. The molecule has 3 heterocycles. The van der Waals surface area contributed by atoms with E-state index < -0.39 is 0 Å². The van der Waals surface area contributed by atoms with Crippen molar-refractivity contribution < 1.29 is 4.74 Å².